The second-order valence-corrected chi connectivity index (χ2v) is 6.15. The van der Waals surface area contributed by atoms with Gasteiger partial charge in [0.05, 0.1) is 5.69 Å². The number of urea groups is 1. The average Bonchev–Trinajstić information content (AvgIpc) is 2.48. The van der Waals surface area contributed by atoms with Crippen molar-refractivity contribution in [1.82, 2.24) is 4.90 Å². The smallest absolute Gasteiger partial charge is 0.321 e. The number of aryl methyl sites for hydroxylation is 1. The molecule has 3 heteroatoms. The number of rotatable bonds is 3. The van der Waals surface area contributed by atoms with Gasteiger partial charge in [0.1, 0.15) is 0 Å². The molecule has 2 amide bonds. The van der Waals surface area contributed by atoms with Crippen LogP contribution in [0.5, 0.6) is 0 Å². The van der Waals surface area contributed by atoms with Crippen LogP contribution in [0.2, 0.25) is 0 Å². The summed E-state index contributed by atoms with van der Waals surface area (Å²) in [6.45, 7) is 6.37. The van der Waals surface area contributed by atoms with E-state index < -0.39 is 0 Å². The SMILES string of the molecule is Cc1ccc(-c2ccc(C(C)C)cc2NC(=O)N(C)C)cc1. The molecule has 116 valence electrons. The summed E-state index contributed by atoms with van der Waals surface area (Å²) in [5.41, 5.74) is 5.44. The van der Waals surface area contributed by atoms with E-state index in [2.05, 4.69) is 68.6 Å². The predicted octanol–water partition coefficient (Wildman–Crippen LogP) is 4.88. The fraction of sp³-hybridized carbons (Fsp3) is 0.316. The fourth-order valence-electron chi connectivity index (χ4n) is 2.24. The van der Waals surface area contributed by atoms with Crippen molar-refractivity contribution >= 4 is 11.7 Å². The van der Waals surface area contributed by atoms with E-state index in [0.717, 1.165) is 16.8 Å². The molecule has 2 aromatic rings. The number of benzene rings is 2. The van der Waals surface area contributed by atoms with Gasteiger partial charge >= 0.3 is 6.03 Å². The summed E-state index contributed by atoms with van der Waals surface area (Å²) >= 11 is 0. The minimum Gasteiger partial charge on any atom is -0.331 e. The number of carbonyl (C=O) groups is 1. The second-order valence-electron chi connectivity index (χ2n) is 6.15. The molecule has 0 aliphatic heterocycles. The molecule has 2 aromatic carbocycles. The van der Waals surface area contributed by atoms with Gasteiger partial charge in [-0.2, -0.15) is 0 Å². The number of carbonyl (C=O) groups excluding carboxylic acids is 1. The second kappa shape index (κ2) is 6.65. The minimum absolute atomic E-state index is 0.116. The lowest BCUT2D eigenvalue weighted by molar-refractivity contribution is 0.230. The molecule has 1 N–H and O–H groups in total. The Morgan fingerprint density at radius 3 is 2.23 bits per heavy atom. The molecule has 0 saturated carbocycles. The summed E-state index contributed by atoms with van der Waals surface area (Å²) in [5, 5.41) is 3.01. The van der Waals surface area contributed by atoms with E-state index in [0.29, 0.717) is 5.92 Å². The largest absolute Gasteiger partial charge is 0.331 e. The van der Waals surface area contributed by atoms with Crippen LogP contribution in [0.3, 0.4) is 0 Å². The Balaban J connectivity index is 2.47. The van der Waals surface area contributed by atoms with Crippen LogP contribution in [0.15, 0.2) is 42.5 Å². The zero-order chi connectivity index (χ0) is 16.3. The summed E-state index contributed by atoms with van der Waals surface area (Å²) in [7, 11) is 3.49. The highest BCUT2D eigenvalue weighted by atomic mass is 16.2. The lowest BCUT2D eigenvalue weighted by Crippen LogP contribution is -2.27. The van der Waals surface area contributed by atoms with Gasteiger partial charge < -0.3 is 10.2 Å². The third kappa shape index (κ3) is 3.67. The Bertz CT molecular complexity index is 658. The van der Waals surface area contributed by atoms with Gasteiger partial charge in [-0.3, -0.25) is 0 Å². The monoisotopic (exact) mass is 296 g/mol. The van der Waals surface area contributed by atoms with Crippen molar-refractivity contribution in [2.24, 2.45) is 0 Å². The third-order valence-electron chi connectivity index (χ3n) is 3.72. The van der Waals surface area contributed by atoms with E-state index >= 15 is 0 Å². The van der Waals surface area contributed by atoms with Crippen molar-refractivity contribution in [3.8, 4) is 11.1 Å². The minimum atomic E-state index is -0.116. The van der Waals surface area contributed by atoms with Crippen LogP contribution in [0.4, 0.5) is 10.5 Å². The van der Waals surface area contributed by atoms with Gasteiger partial charge in [-0.25, -0.2) is 4.79 Å². The number of nitrogens with zero attached hydrogens (tertiary/aromatic N) is 1. The molecule has 0 saturated heterocycles. The molecule has 3 nitrogen and oxygen atoms in total. The van der Waals surface area contributed by atoms with E-state index in [-0.39, 0.29) is 6.03 Å². The number of nitrogens with one attached hydrogen (secondary N) is 1. The van der Waals surface area contributed by atoms with Crippen molar-refractivity contribution in [1.29, 1.82) is 0 Å². The van der Waals surface area contributed by atoms with E-state index in [1.54, 1.807) is 19.0 Å². The Kier molecular flexibility index (Phi) is 4.86. The van der Waals surface area contributed by atoms with Crippen molar-refractivity contribution in [2.75, 3.05) is 19.4 Å². The lowest BCUT2D eigenvalue weighted by Gasteiger charge is -2.17. The van der Waals surface area contributed by atoms with Crippen molar-refractivity contribution in [2.45, 2.75) is 26.7 Å². The molecule has 0 atom stereocenters. The van der Waals surface area contributed by atoms with Gasteiger partial charge in [0.25, 0.3) is 0 Å². The van der Waals surface area contributed by atoms with Crippen LogP contribution >= 0.6 is 0 Å². The molecule has 0 radical (unpaired) electrons. The fourth-order valence-corrected chi connectivity index (χ4v) is 2.24. The van der Waals surface area contributed by atoms with Crippen molar-refractivity contribution in [3.63, 3.8) is 0 Å². The molecule has 0 unspecified atom stereocenters. The van der Waals surface area contributed by atoms with Crippen molar-refractivity contribution in [3.05, 3.63) is 53.6 Å². The van der Waals surface area contributed by atoms with Gasteiger partial charge in [-0.1, -0.05) is 55.8 Å². The highest BCUT2D eigenvalue weighted by Crippen LogP contribution is 2.31. The van der Waals surface area contributed by atoms with E-state index in [1.165, 1.54) is 11.1 Å². The van der Waals surface area contributed by atoms with Crippen LogP contribution < -0.4 is 5.32 Å². The highest BCUT2D eigenvalue weighted by Gasteiger charge is 2.12. The number of anilines is 1. The van der Waals surface area contributed by atoms with Gasteiger partial charge in [-0.05, 0) is 30.0 Å². The first-order chi connectivity index (χ1) is 10.4. The Hall–Kier alpha value is -2.29. The van der Waals surface area contributed by atoms with E-state index in [1.807, 2.05) is 0 Å². The van der Waals surface area contributed by atoms with E-state index in [9.17, 15) is 4.79 Å². The van der Waals surface area contributed by atoms with Crippen LogP contribution in [0, 0.1) is 6.92 Å². The summed E-state index contributed by atoms with van der Waals surface area (Å²) in [5.74, 6) is 0.419. The number of amides is 2. The number of hydrogen-bond donors (Lipinski definition) is 1. The molecule has 0 fully saturated rings. The molecule has 0 aliphatic rings. The van der Waals surface area contributed by atoms with Crippen LogP contribution in [0.1, 0.15) is 30.9 Å². The summed E-state index contributed by atoms with van der Waals surface area (Å²) < 4.78 is 0. The molecule has 0 aliphatic carbocycles. The van der Waals surface area contributed by atoms with Gasteiger partial charge in [0, 0.05) is 19.7 Å². The van der Waals surface area contributed by atoms with Gasteiger partial charge in [0.15, 0.2) is 0 Å². The van der Waals surface area contributed by atoms with Crippen molar-refractivity contribution < 1.29 is 4.79 Å². The van der Waals surface area contributed by atoms with Crippen LogP contribution in [-0.4, -0.2) is 25.0 Å². The Labute approximate surface area is 133 Å². The molecule has 0 aromatic heterocycles. The standard InChI is InChI=1S/C19H24N2O/c1-13(2)16-10-11-17(15-8-6-14(3)7-9-15)18(12-16)20-19(22)21(4)5/h6-13H,1-5H3,(H,20,22). The maximum atomic E-state index is 12.0. The molecule has 2 rings (SSSR count). The van der Waals surface area contributed by atoms with Crippen LogP contribution in [0.25, 0.3) is 11.1 Å². The molecular weight excluding hydrogens is 272 g/mol. The maximum absolute atomic E-state index is 12.0. The van der Waals surface area contributed by atoms with Gasteiger partial charge in [-0.15, -0.1) is 0 Å². The molecule has 0 spiro atoms. The zero-order valence-corrected chi connectivity index (χ0v) is 14.0. The first kappa shape index (κ1) is 16.1. The first-order valence-electron chi connectivity index (χ1n) is 7.57. The normalized spacial score (nSPS) is 10.6. The zero-order valence-electron chi connectivity index (χ0n) is 14.0. The Morgan fingerprint density at radius 1 is 1.05 bits per heavy atom. The molecule has 0 bridgehead atoms. The molecule has 0 heterocycles. The topological polar surface area (TPSA) is 32.3 Å². The number of hydrogen-bond acceptors (Lipinski definition) is 1. The molecule has 22 heavy (non-hydrogen) atoms. The maximum Gasteiger partial charge on any atom is 0.321 e. The first-order valence-corrected chi connectivity index (χ1v) is 7.57. The third-order valence-corrected chi connectivity index (χ3v) is 3.72. The van der Waals surface area contributed by atoms with Gasteiger partial charge in [0.2, 0.25) is 0 Å². The summed E-state index contributed by atoms with van der Waals surface area (Å²) in [4.78, 5) is 13.6. The Morgan fingerprint density at radius 2 is 1.68 bits per heavy atom. The highest BCUT2D eigenvalue weighted by molar-refractivity contribution is 5.94. The molecular formula is C19H24N2O. The van der Waals surface area contributed by atoms with Crippen LogP contribution in [-0.2, 0) is 0 Å². The quantitative estimate of drug-likeness (QED) is 0.860. The average molecular weight is 296 g/mol. The predicted molar refractivity (Wildman–Crippen MR) is 93.4 cm³/mol. The lowest BCUT2D eigenvalue weighted by atomic mass is 9.96. The summed E-state index contributed by atoms with van der Waals surface area (Å²) in [6, 6.07) is 14.5. The van der Waals surface area contributed by atoms with E-state index in [4.69, 9.17) is 0 Å². The summed E-state index contributed by atoms with van der Waals surface area (Å²) in [6.07, 6.45) is 0.